The van der Waals surface area contributed by atoms with Crippen molar-refractivity contribution in [2.45, 2.75) is 11.7 Å². The Morgan fingerprint density at radius 3 is 2.54 bits per heavy atom. The van der Waals surface area contributed by atoms with E-state index in [4.69, 9.17) is 21.1 Å². The minimum absolute atomic E-state index is 0.465. The number of rotatable bonds is 3. The van der Waals surface area contributed by atoms with Crippen LogP contribution in [0.15, 0.2) is 24.3 Å². The van der Waals surface area contributed by atoms with Crippen LogP contribution < -0.4 is 0 Å². The predicted molar refractivity (Wildman–Crippen MR) is 49.7 cm³/mol. The van der Waals surface area contributed by atoms with Crippen molar-refractivity contribution in [3.8, 4) is 0 Å². The van der Waals surface area contributed by atoms with Crippen molar-refractivity contribution >= 4 is 16.8 Å². The predicted octanol–water partition coefficient (Wildman–Crippen LogP) is 1.28. The van der Waals surface area contributed by atoms with Gasteiger partial charge in [-0.25, -0.2) is 0 Å². The maximum Gasteiger partial charge on any atom is 0.260 e. The molecule has 0 radical (unpaired) electrons. The highest BCUT2D eigenvalue weighted by molar-refractivity contribution is 6.65. The zero-order chi connectivity index (χ0) is 9.90. The number of ether oxygens (including phenoxy) is 2. The minimum Gasteiger partial charge on any atom is -0.373 e. The molecule has 72 valence electrons. The molecule has 2 atom stereocenters. The SMILES string of the molecule is COC1C=CC=CC1(OC)C(=O)Cl. The van der Waals surface area contributed by atoms with Crippen molar-refractivity contribution in [2.75, 3.05) is 14.2 Å². The summed E-state index contributed by atoms with van der Waals surface area (Å²) in [5.74, 6) is 0. The maximum atomic E-state index is 11.2. The molecule has 0 fully saturated rings. The molecular formula is C9H11ClO3. The van der Waals surface area contributed by atoms with Crippen LogP contribution in [-0.2, 0) is 14.3 Å². The number of halogens is 1. The fourth-order valence-corrected chi connectivity index (χ4v) is 1.54. The van der Waals surface area contributed by atoms with Gasteiger partial charge in [-0.2, -0.15) is 0 Å². The monoisotopic (exact) mass is 202 g/mol. The molecule has 0 amide bonds. The second-order valence-electron chi connectivity index (χ2n) is 2.67. The van der Waals surface area contributed by atoms with Crippen LogP contribution in [0.1, 0.15) is 0 Å². The third-order valence-electron chi connectivity index (χ3n) is 2.06. The third-order valence-corrected chi connectivity index (χ3v) is 2.36. The van der Waals surface area contributed by atoms with Crippen LogP contribution in [0.5, 0.6) is 0 Å². The lowest BCUT2D eigenvalue weighted by Gasteiger charge is -2.32. The zero-order valence-electron chi connectivity index (χ0n) is 7.49. The van der Waals surface area contributed by atoms with Crippen molar-refractivity contribution < 1.29 is 14.3 Å². The summed E-state index contributed by atoms with van der Waals surface area (Å²) in [6.07, 6.45) is 6.35. The van der Waals surface area contributed by atoms with E-state index in [2.05, 4.69) is 0 Å². The number of allylic oxidation sites excluding steroid dienone is 2. The van der Waals surface area contributed by atoms with Gasteiger partial charge in [0, 0.05) is 14.2 Å². The Kier molecular flexibility index (Phi) is 3.25. The van der Waals surface area contributed by atoms with Crippen molar-refractivity contribution in [3.05, 3.63) is 24.3 Å². The Balaban J connectivity index is 3.02. The Labute approximate surface area is 82.0 Å². The van der Waals surface area contributed by atoms with E-state index in [0.717, 1.165) is 0 Å². The molecule has 0 saturated carbocycles. The van der Waals surface area contributed by atoms with Gasteiger partial charge in [0.15, 0.2) is 5.60 Å². The zero-order valence-corrected chi connectivity index (χ0v) is 8.25. The van der Waals surface area contributed by atoms with Crippen LogP contribution in [-0.4, -0.2) is 31.2 Å². The molecular weight excluding hydrogens is 192 g/mol. The molecule has 0 saturated heterocycles. The Morgan fingerprint density at radius 2 is 2.15 bits per heavy atom. The summed E-state index contributed by atoms with van der Waals surface area (Å²) in [6.45, 7) is 0. The molecule has 0 aromatic heterocycles. The summed E-state index contributed by atoms with van der Waals surface area (Å²) >= 11 is 5.46. The van der Waals surface area contributed by atoms with Gasteiger partial charge in [-0.05, 0) is 17.7 Å². The average molecular weight is 203 g/mol. The molecule has 2 unspecified atom stereocenters. The minimum atomic E-state index is -1.18. The first-order valence-corrected chi connectivity index (χ1v) is 4.19. The molecule has 0 bridgehead atoms. The van der Waals surface area contributed by atoms with E-state index >= 15 is 0 Å². The van der Waals surface area contributed by atoms with Gasteiger partial charge in [-0.1, -0.05) is 18.2 Å². The van der Waals surface area contributed by atoms with Gasteiger partial charge >= 0.3 is 0 Å². The summed E-state index contributed by atoms with van der Waals surface area (Å²) in [6, 6.07) is 0. The molecule has 1 aliphatic carbocycles. The molecule has 0 aromatic rings. The molecule has 3 nitrogen and oxygen atoms in total. The van der Waals surface area contributed by atoms with E-state index < -0.39 is 16.9 Å². The first-order valence-electron chi connectivity index (χ1n) is 3.81. The van der Waals surface area contributed by atoms with Crippen LogP contribution in [0.2, 0.25) is 0 Å². The number of methoxy groups -OCH3 is 2. The highest BCUT2D eigenvalue weighted by atomic mass is 35.5. The molecule has 1 rings (SSSR count). The van der Waals surface area contributed by atoms with E-state index in [0.29, 0.717) is 0 Å². The van der Waals surface area contributed by atoms with E-state index in [9.17, 15) is 4.79 Å². The van der Waals surface area contributed by atoms with Crippen molar-refractivity contribution in [2.24, 2.45) is 0 Å². The van der Waals surface area contributed by atoms with E-state index in [1.54, 1.807) is 24.3 Å². The highest BCUT2D eigenvalue weighted by Gasteiger charge is 2.43. The molecule has 0 N–H and O–H groups in total. The van der Waals surface area contributed by atoms with Gasteiger partial charge < -0.3 is 9.47 Å². The van der Waals surface area contributed by atoms with E-state index in [1.807, 2.05) is 0 Å². The van der Waals surface area contributed by atoms with Crippen LogP contribution in [0.3, 0.4) is 0 Å². The van der Waals surface area contributed by atoms with Gasteiger partial charge in [-0.3, -0.25) is 4.79 Å². The number of carbonyl (C=O) groups excluding carboxylic acids is 1. The lowest BCUT2D eigenvalue weighted by atomic mass is 9.93. The van der Waals surface area contributed by atoms with Crippen molar-refractivity contribution in [3.63, 3.8) is 0 Å². The van der Waals surface area contributed by atoms with Crippen LogP contribution >= 0.6 is 11.6 Å². The molecule has 4 heteroatoms. The second-order valence-corrected chi connectivity index (χ2v) is 3.01. The van der Waals surface area contributed by atoms with Gasteiger partial charge in [0.2, 0.25) is 0 Å². The van der Waals surface area contributed by atoms with Crippen LogP contribution in [0.4, 0.5) is 0 Å². The third kappa shape index (κ3) is 1.68. The lowest BCUT2D eigenvalue weighted by molar-refractivity contribution is -0.137. The first kappa shape index (κ1) is 10.4. The average Bonchev–Trinajstić information content (AvgIpc) is 2.17. The standard InChI is InChI=1S/C9H11ClO3/c1-12-7-5-3-4-6-9(7,13-2)8(10)11/h3-7H,1-2H3. The quantitative estimate of drug-likeness (QED) is 0.647. The van der Waals surface area contributed by atoms with Crippen LogP contribution in [0.25, 0.3) is 0 Å². The smallest absolute Gasteiger partial charge is 0.260 e. The number of hydrogen-bond acceptors (Lipinski definition) is 3. The first-order chi connectivity index (χ1) is 6.17. The van der Waals surface area contributed by atoms with Gasteiger partial charge in [0.05, 0.1) is 0 Å². The number of hydrogen-bond donors (Lipinski definition) is 0. The molecule has 0 aliphatic heterocycles. The van der Waals surface area contributed by atoms with Gasteiger partial charge in [0.25, 0.3) is 5.24 Å². The fraction of sp³-hybridized carbons (Fsp3) is 0.444. The molecule has 0 spiro atoms. The summed E-state index contributed by atoms with van der Waals surface area (Å²) in [5, 5.41) is -0.581. The highest BCUT2D eigenvalue weighted by Crippen LogP contribution is 2.27. The maximum absolute atomic E-state index is 11.2. The summed E-state index contributed by atoms with van der Waals surface area (Å²) in [5.41, 5.74) is -1.18. The molecule has 1 aliphatic rings. The molecule has 0 heterocycles. The fourth-order valence-electron chi connectivity index (χ4n) is 1.30. The van der Waals surface area contributed by atoms with E-state index in [-0.39, 0.29) is 0 Å². The summed E-state index contributed by atoms with van der Waals surface area (Å²) in [7, 11) is 2.93. The van der Waals surface area contributed by atoms with Crippen molar-refractivity contribution in [1.29, 1.82) is 0 Å². The Morgan fingerprint density at radius 1 is 1.46 bits per heavy atom. The number of carbonyl (C=O) groups is 1. The molecule has 13 heavy (non-hydrogen) atoms. The van der Waals surface area contributed by atoms with Gasteiger partial charge in [0.1, 0.15) is 6.10 Å². The summed E-state index contributed by atoms with van der Waals surface area (Å²) in [4.78, 5) is 11.2. The normalized spacial score (nSPS) is 32.1. The molecule has 0 aromatic carbocycles. The van der Waals surface area contributed by atoms with E-state index in [1.165, 1.54) is 14.2 Å². The Hall–Kier alpha value is -0.640. The second kappa shape index (κ2) is 4.05. The topological polar surface area (TPSA) is 35.5 Å². The van der Waals surface area contributed by atoms with Gasteiger partial charge in [-0.15, -0.1) is 0 Å². The largest absolute Gasteiger partial charge is 0.373 e. The lowest BCUT2D eigenvalue weighted by Crippen LogP contribution is -2.48. The van der Waals surface area contributed by atoms with Crippen LogP contribution in [0, 0.1) is 0 Å². The Bertz CT molecular complexity index is 260. The van der Waals surface area contributed by atoms with Crippen molar-refractivity contribution in [1.82, 2.24) is 0 Å². The summed E-state index contributed by atoms with van der Waals surface area (Å²) < 4.78 is 10.2.